The lowest BCUT2D eigenvalue weighted by Gasteiger charge is -2.25. The fraction of sp³-hybridized carbons (Fsp3) is 0.346. The molecule has 0 spiro atoms. The fourth-order valence-corrected chi connectivity index (χ4v) is 5.15. The van der Waals surface area contributed by atoms with Gasteiger partial charge in [-0.15, -0.1) is 5.10 Å². The number of aromatic nitrogens is 2. The van der Waals surface area contributed by atoms with Gasteiger partial charge < -0.3 is 25.0 Å². The number of nitrogens with one attached hydrogen (secondary N) is 3. The number of halogens is 2. The van der Waals surface area contributed by atoms with Crippen molar-refractivity contribution in [1.29, 1.82) is 0 Å². The van der Waals surface area contributed by atoms with Crippen molar-refractivity contribution in [3.05, 3.63) is 59.0 Å². The van der Waals surface area contributed by atoms with Crippen LogP contribution in [0.4, 0.5) is 29.7 Å². The average Bonchev–Trinajstić information content (AvgIpc) is 3.59. The highest BCUT2D eigenvalue weighted by atomic mass is 32.1. The number of ether oxygens (including phenoxy) is 2. The third-order valence-electron chi connectivity index (χ3n) is 6.74. The van der Waals surface area contributed by atoms with Gasteiger partial charge >= 0.3 is 12.1 Å². The zero-order chi connectivity index (χ0) is 29.6. The van der Waals surface area contributed by atoms with Crippen LogP contribution in [0.3, 0.4) is 0 Å². The van der Waals surface area contributed by atoms with Gasteiger partial charge in [0, 0.05) is 49.3 Å². The van der Waals surface area contributed by atoms with E-state index in [1.807, 2.05) is 29.6 Å². The lowest BCUT2D eigenvalue weighted by Crippen LogP contribution is -2.48. The largest absolute Gasteiger partial charge is 0.474 e. The molecule has 2 fully saturated rings. The summed E-state index contributed by atoms with van der Waals surface area (Å²) in [6.07, 6.45) is -1.30. The van der Waals surface area contributed by atoms with Crippen molar-refractivity contribution >= 4 is 52.4 Å². The molecule has 2 saturated heterocycles. The first-order chi connectivity index (χ1) is 20.3. The number of urea groups is 1. The van der Waals surface area contributed by atoms with Gasteiger partial charge in [-0.1, -0.05) is 28.8 Å². The highest BCUT2D eigenvalue weighted by Crippen LogP contribution is 2.31. The number of nitrogens with zero attached hydrogens (tertiary/aromatic N) is 5. The number of carbonyl (C=O) groups excluding carboxylic acids is 2. The summed E-state index contributed by atoms with van der Waals surface area (Å²) in [5.41, 5.74) is 5.45. The van der Waals surface area contributed by atoms with Crippen LogP contribution in [0.2, 0.25) is 0 Å². The molecular formula is C26H28F2N8O4S2. The molecule has 5 rings (SSSR count). The molecule has 2 aromatic carbocycles. The Bertz CT molecular complexity index is 1410. The van der Waals surface area contributed by atoms with Crippen molar-refractivity contribution < 1.29 is 27.8 Å². The second-order valence-corrected chi connectivity index (χ2v) is 10.4. The molecule has 12 nitrogen and oxygen atoms in total. The van der Waals surface area contributed by atoms with E-state index in [-0.39, 0.29) is 61.8 Å². The van der Waals surface area contributed by atoms with Crippen LogP contribution >= 0.6 is 23.8 Å². The number of rotatable bonds is 7. The molecule has 1 atom stereocenters. The molecule has 2 aliphatic rings. The predicted octanol–water partition coefficient (Wildman–Crippen LogP) is 2.87. The van der Waals surface area contributed by atoms with E-state index in [0.717, 1.165) is 33.9 Å². The zero-order valence-electron chi connectivity index (χ0n) is 22.5. The molecule has 2 aliphatic heterocycles. The van der Waals surface area contributed by atoms with E-state index in [1.54, 1.807) is 0 Å². The Labute approximate surface area is 249 Å². The molecule has 1 aromatic heterocycles. The van der Waals surface area contributed by atoms with E-state index >= 15 is 8.78 Å². The predicted molar refractivity (Wildman–Crippen MR) is 156 cm³/mol. The van der Waals surface area contributed by atoms with Crippen molar-refractivity contribution in [2.24, 2.45) is 0 Å². The SMILES string of the molecule is COC(=S)NC[C@H]1CN(c2cc(F)c(N3CCNN(C(=O)NCc4ccc(-c5csnn5)cc4)CC3)c(F)c2)C(=O)O1. The molecule has 0 aliphatic carbocycles. The Kier molecular flexibility index (Phi) is 9.24. The second kappa shape index (κ2) is 13.2. The van der Waals surface area contributed by atoms with E-state index in [2.05, 4.69) is 25.6 Å². The van der Waals surface area contributed by atoms with Gasteiger partial charge in [-0.05, 0) is 29.3 Å². The average molecular weight is 619 g/mol. The van der Waals surface area contributed by atoms with Gasteiger partial charge in [-0.3, -0.25) is 9.91 Å². The van der Waals surface area contributed by atoms with Crippen LogP contribution in [0.5, 0.6) is 0 Å². The Morgan fingerprint density at radius 1 is 1.19 bits per heavy atom. The van der Waals surface area contributed by atoms with Crippen LogP contribution in [-0.4, -0.2) is 84.4 Å². The highest BCUT2D eigenvalue weighted by molar-refractivity contribution is 7.80. The van der Waals surface area contributed by atoms with Crippen molar-refractivity contribution in [1.82, 2.24) is 30.7 Å². The van der Waals surface area contributed by atoms with Gasteiger partial charge in [0.1, 0.15) is 17.5 Å². The van der Waals surface area contributed by atoms with E-state index in [0.29, 0.717) is 6.54 Å². The zero-order valence-corrected chi connectivity index (χ0v) is 24.1. The van der Waals surface area contributed by atoms with Crippen LogP contribution in [0.1, 0.15) is 5.56 Å². The normalized spacial score (nSPS) is 17.1. The van der Waals surface area contributed by atoms with E-state index < -0.39 is 23.8 Å². The van der Waals surface area contributed by atoms with Crippen molar-refractivity contribution in [2.45, 2.75) is 12.6 Å². The number of benzene rings is 2. The molecule has 3 N–H and O–H groups in total. The summed E-state index contributed by atoms with van der Waals surface area (Å²) in [5.74, 6) is -1.65. The summed E-state index contributed by atoms with van der Waals surface area (Å²) >= 11 is 6.19. The number of anilines is 2. The van der Waals surface area contributed by atoms with E-state index in [9.17, 15) is 9.59 Å². The van der Waals surface area contributed by atoms with Crippen molar-refractivity contribution in [3.8, 4) is 11.3 Å². The summed E-state index contributed by atoms with van der Waals surface area (Å²) in [6.45, 7) is 1.48. The number of hydrazine groups is 1. The number of thiocarbonyl (C=S) groups is 1. The lowest BCUT2D eigenvalue weighted by molar-refractivity contribution is 0.142. The first kappa shape index (κ1) is 29.3. The summed E-state index contributed by atoms with van der Waals surface area (Å²) < 4.78 is 44.5. The minimum absolute atomic E-state index is 0.0424. The number of amides is 3. The minimum Gasteiger partial charge on any atom is -0.474 e. The van der Waals surface area contributed by atoms with Crippen LogP contribution in [-0.2, 0) is 16.0 Å². The first-order valence-electron chi connectivity index (χ1n) is 13.0. The Balaban J connectivity index is 1.16. The smallest absolute Gasteiger partial charge is 0.414 e. The molecular weight excluding hydrogens is 590 g/mol. The Morgan fingerprint density at radius 3 is 2.64 bits per heavy atom. The van der Waals surface area contributed by atoms with Gasteiger partial charge in [0.25, 0.3) is 5.17 Å². The number of carbonyl (C=O) groups is 2. The fourth-order valence-electron chi connectivity index (χ4n) is 4.60. The maximum atomic E-state index is 15.3. The van der Waals surface area contributed by atoms with Crippen LogP contribution in [0.15, 0.2) is 41.8 Å². The number of hydrogen-bond acceptors (Lipinski definition) is 10. The standard InChI is InChI=1S/C26H28F2N8O4S2/c1-39-25(41)30-13-19-14-35(26(38)40-19)18-10-20(27)23(21(28)11-18)34-7-6-31-36(9-8-34)24(37)29-12-16-2-4-17(5-3-16)22-15-42-33-32-22/h2-5,10-11,15,19,31H,6-9,12-14H2,1H3,(H,29,37)(H,30,41)/t19-/m0/s1. The lowest BCUT2D eigenvalue weighted by atomic mass is 10.1. The third kappa shape index (κ3) is 6.83. The molecule has 0 saturated carbocycles. The van der Waals surface area contributed by atoms with Gasteiger partial charge in [-0.2, -0.15) is 0 Å². The van der Waals surface area contributed by atoms with E-state index in [1.165, 1.54) is 28.6 Å². The highest BCUT2D eigenvalue weighted by Gasteiger charge is 2.34. The summed E-state index contributed by atoms with van der Waals surface area (Å²) in [5, 5.41) is 13.1. The van der Waals surface area contributed by atoms with E-state index in [4.69, 9.17) is 21.7 Å². The monoisotopic (exact) mass is 618 g/mol. The third-order valence-corrected chi connectivity index (χ3v) is 7.56. The quantitative estimate of drug-likeness (QED) is 0.341. The van der Waals surface area contributed by atoms with Crippen LogP contribution < -0.4 is 25.9 Å². The maximum Gasteiger partial charge on any atom is 0.414 e. The Hall–Kier alpha value is -4.15. The number of hydrogen-bond donors (Lipinski definition) is 3. The number of cyclic esters (lactones) is 1. The summed E-state index contributed by atoms with van der Waals surface area (Å²) in [7, 11) is 1.41. The molecule has 3 aromatic rings. The first-order valence-corrected chi connectivity index (χ1v) is 14.3. The summed E-state index contributed by atoms with van der Waals surface area (Å²) in [6, 6.07) is 9.48. The molecule has 16 heteroatoms. The maximum absolute atomic E-state index is 15.3. The second-order valence-electron chi connectivity index (χ2n) is 9.44. The molecule has 222 valence electrons. The van der Waals surface area contributed by atoms with Gasteiger partial charge in [-0.25, -0.2) is 23.8 Å². The molecule has 0 bridgehead atoms. The topological polar surface area (TPSA) is 124 Å². The Morgan fingerprint density at radius 2 is 1.95 bits per heavy atom. The van der Waals surface area contributed by atoms with Crippen molar-refractivity contribution in [2.75, 3.05) is 56.2 Å². The van der Waals surface area contributed by atoms with Gasteiger partial charge in [0.15, 0.2) is 11.6 Å². The minimum atomic E-state index is -0.824. The van der Waals surface area contributed by atoms with Gasteiger partial charge in [0.05, 0.1) is 32.4 Å². The number of methoxy groups -OCH3 is 1. The summed E-state index contributed by atoms with van der Waals surface area (Å²) in [4.78, 5) is 27.9. The molecule has 42 heavy (non-hydrogen) atoms. The molecule has 3 heterocycles. The van der Waals surface area contributed by atoms with Gasteiger partial charge in [0.2, 0.25) is 0 Å². The molecule has 3 amide bonds. The molecule has 0 unspecified atom stereocenters. The van der Waals surface area contributed by atoms with Crippen LogP contribution in [0.25, 0.3) is 11.3 Å². The van der Waals surface area contributed by atoms with Crippen LogP contribution in [0, 0.1) is 11.6 Å². The van der Waals surface area contributed by atoms with Crippen molar-refractivity contribution in [3.63, 3.8) is 0 Å². The molecule has 0 radical (unpaired) electrons.